The van der Waals surface area contributed by atoms with Crippen LogP contribution >= 0.6 is 0 Å². The van der Waals surface area contributed by atoms with Gasteiger partial charge in [0.1, 0.15) is 5.52 Å². The van der Waals surface area contributed by atoms with Crippen molar-refractivity contribution in [1.29, 1.82) is 0 Å². The molecule has 0 aliphatic heterocycles. The van der Waals surface area contributed by atoms with E-state index in [0.717, 1.165) is 0 Å². The molecule has 1 aromatic carbocycles. The van der Waals surface area contributed by atoms with E-state index in [9.17, 15) is 14.9 Å². The van der Waals surface area contributed by atoms with Crippen LogP contribution in [0.2, 0.25) is 0 Å². The van der Waals surface area contributed by atoms with E-state index in [2.05, 4.69) is 25.3 Å². The summed E-state index contributed by atoms with van der Waals surface area (Å²) in [4.78, 5) is 35.8. The Hall–Kier alpha value is -3.23. The lowest BCUT2D eigenvalue weighted by Gasteiger charge is -2.03. The molecule has 3 rings (SSSR count). The van der Waals surface area contributed by atoms with E-state index in [1.54, 1.807) is 6.20 Å². The third-order valence-electron chi connectivity index (χ3n) is 2.69. The van der Waals surface area contributed by atoms with Gasteiger partial charge in [-0.2, -0.15) is 0 Å². The Balaban J connectivity index is 2.07. The molecule has 0 spiro atoms. The highest BCUT2D eigenvalue weighted by atomic mass is 16.6. The number of nitrogens with one attached hydrogen (secondary N) is 3. The summed E-state index contributed by atoms with van der Waals surface area (Å²) in [6.45, 7) is 0. The van der Waals surface area contributed by atoms with Crippen LogP contribution in [0.4, 0.5) is 11.6 Å². The van der Waals surface area contributed by atoms with E-state index >= 15 is 0 Å². The minimum atomic E-state index is -0.566. The van der Waals surface area contributed by atoms with E-state index in [0.29, 0.717) is 11.0 Å². The van der Waals surface area contributed by atoms with Crippen LogP contribution in [0, 0.1) is 10.1 Å². The Bertz CT molecular complexity index is 792. The largest absolute Gasteiger partial charge is 0.344 e. The third kappa shape index (κ3) is 1.96. The monoisotopic (exact) mass is 272 g/mol. The summed E-state index contributed by atoms with van der Waals surface area (Å²) in [5, 5.41) is 13.4. The first-order chi connectivity index (χ1) is 9.65. The molecule has 100 valence electrons. The Labute approximate surface area is 111 Å². The van der Waals surface area contributed by atoms with Crippen LogP contribution in [0.3, 0.4) is 0 Å². The predicted octanol–water partition coefficient (Wildman–Crippen LogP) is 1.45. The van der Waals surface area contributed by atoms with Gasteiger partial charge in [0.2, 0.25) is 5.95 Å². The van der Waals surface area contributed by atoms with Gasteiger partial charge in [0.05, 0.1) is 22.3 Å². The molecule has 3 N–H and O–H groups in total. The van der Waals surface area contributed by atoms with Crippen molar-refractivity contribution >= 4 is 28.6 Å². The lowest BCUT2D eigenvalue weighted by atomic mass is 10.1. The van der Waals surface area contributed by atoms with Crippen molar-refractivity contribution < 1.29 is 9.72 Å². The van der Waals surface area contributed by atoms with Gasteiger partial charge in [0, 0.05) is 24.5 Å². The van der Waals surface area contributed by atoms with Crippen molar-refractivity contribution in [3.63, 3.8) is 0 Å². The standard InChI is InChI=1S/C11H8N6O3/c18-10(16-11-12-1-2-13-11)7-3-6(17(19)20)4-8-9(7)15-5-14-8/h1-5H,(H,14,15)(H2,12,13,16,18). The molecule has 1 amide bonds. The number of nitro benzene ring substituents is 1. The molecule has 3 aromatic rings. The zero-order valence-corrected chi connectivity index (χ0v) is 9.95. The molecule has 0 atom stereocenters. The summed E-state index contributed by atoms with van der Waals surface area (Å²) < 4.78 is 0. The Morgan fingerprint density at radius 2 is 2.15 bits per heavy atom. The van der Waals surface area contributed by atoms with Crippen LogP contribution in [-0.4, -0.2) is 30.8 Å². The van der Waals surface area contributed by atoms with E-state index in [1.807, 2.05) is 0 Å². The highest BCUT2D eigenvalue weighted by Crippen LogP contribution is 2.23. The van der Waals surface area contributed by atoms with Gasteiger partial charge in [-0.15, -0.1) is 0 Å². The topological polar surface area (TPSA) is 130 Å². The highest BCUT2D eigenvalue weighted by Gasteiger charge is 2.19. The minimum Gasteiger partial charge on any atom is -0.344 e. The number of nitro groups is 1. The molecular weight excluding hydrogens is 264 g/mol. The number of nitrogens with zero attached hydrogens (tertiary/aromatic N) is 3. The number of carbonyl (C=O) groups excluding carboxylic acids is 1. The number of hydrogen-bond acceptors (Lipinski definition) is 5. The number of non-ortho nitro benzene ring substituents is 1. The number of aromatic amines is 2. The summed E-state index contributed by atoms with van der Waals surface area (Å²) in [5.41, 5.74) is 0.696. The van der Waals surface area contributed by atoms with Crippen LogP contribution in [0.5, 0.6) is 0 Å². The number of imidazole rings is 2. The molecule has 0 saturated carbocycles. The summed E-state index contributed by atoms with van der Waals surface area (Å²) in [6.07, 6.45) is 4.40. The van der Waals surface area contributed by atoms with E-state index in [1.165, 1.54) is 24.7 Å². The van der Waals surface area contributed by atoms with Gasteiger partial charge in [-0.25, -0.2) is 9.97 Å². The van der Waals surface area contributed by atoms with Crippen molar-refractivity contribution in [2.75, 3.05) is 5.32 Å². The first kappa shape index (κ1) is 11.8. The molecule has 20 heavy (non-hydrogen) atoms. The second kappa shape index (κ2) is 4.46. The first-order valence-electron chi connectivity index (χ1n) is 5.57. The van der Waals surface area contributed by atoms with Gasteiger partial charge in [-0.1, -0.05) is 0 Å². The average Bonchev–Trinajstić information content (AvgIpc) is 3.07. The predicted molar refractivity (Wildman–Crippen MR) is 69.3 cm³/mol. The molecule has 9 heteroatoms. The molecule has 0 saturated heterocycles. The molecule has 0 fully saturated rings. The van der Waals surface area contributed by atoms with Crippen LogP contribution in [0.1, 0.15) is 10.4 Å². The number of hydrogen-bond donors (Lipinski definition) is 3. The molecule has 2 heterocycles. The normalized spacial score (nSPS) is 10.6. The number of carbonyl (C=O) groups is 1. The third-order valence-corrected chi connectivity index (χ3v) is 2.69. The summed E-state index contributed by atoms with van der Waals surface area (Å²) >= 11 is 0. The molecular formula is C11H8N6O3. The van der Waals surface area contributed by atoms with Gasteiger partial charge in [-0.3, -0.25) is 20.2 Å². The molecule has 9 nitrogen and oxygen atoms in total. The second-order valence-corrected chi connectivity index (χ2v) is 3.94. The Morgan fingerprint density at radius 3 is 2.85 bits per heavy atom. The van der Waals surface area contributed by atoms with Crippen LogP contribution < -0.4 is 5.32 Å². The van der Waals surface area contributed by atoms with Crippen molar-refractivity contribution in [3.8, 4) is 0 Å². The fraction of sp³-hybridized carbons (Fsp3) is 0. The van der Waals surface area contributed by atoms with Gasteiger partial charge in [0.25, 0.3) is 11.6 Å². The fourth-order valence-corrected chi connectivity index (χ4v) is 1.82. The number of H-pyrrole nitrogens is 2. The van der Waals surface area contributed by atoms with E-state index < -0.39 is 10.8 Å². The number of rotatable bonds is 3. The van der Waals surface area contributed by atoms with Crippen LogP contribution in [0.25, 0.3) is 11.0 Å². The zero-order chi connectivity index (χ0) is 14.1. The highest BCUT2D eigenvalue weighted by molar-refractivity contribution is 6.11. The average molecular weight is 272 g/mol. The summed E-state index contributed by atoms with van der Waals surface area (Å²) in [5.74, 6) is -0.272. The number of aromatic nitrogens is 4. The lowest BCUT2D eigenvalue weighted by Crippen LogP contribution is -2.14. The van der Waals surface area contributed by atoms with Gasteiger partial charge in [0.15, 0.2) is 0 Å². The maximum atomic E-state index is 12.2. The molecule has 0 bridgehead atoms. The van der Waals surface area contributed by atoms with Crippen molar-refractivity contribution in [3.05, 3.63) is 46.5 Å². The maximum absolute atomic E-state index is 12.2. The van der Waals surface area contributed by atoms with E-state index in [-0.39, 0.29) is 17.2 Å². The van der Waals surface area contributed by atoms with Gasteiger partial charge < -0.3 is 9.97 Å². The smallest absolute Gasteiger partial charge is 0.272 e. The molecule has 0 aliphatic rings. The molecule has 0 aliphatic carbocycles. The summed E-state index contributed by atoms with van der Waals surface area (Å²) in [6, 6.07) is 2.51. The summed E-state index contributed by atoms with van der Waals surface area (Å²) in [7, 11) is 0. The lowest BCUT2D eigenvalue weighted by molar-refractivity contribution is -0.384. The Kier molecular flexibility index (Phi) is 2.64. The van der Waals surface area contributed by atoms with Crippen molar-refractivity contribution in [2.24, 2.45) is 0 Å². The fourth-order valence-electron chi connectivity index (χ4n) is 1.82. The van der Waals surface area contributed by atoms with Gasteiger partial charge >= 0.3 is 0 Å². The number of benzene rings is 1. The molecule has 0 radical (unpaired) electrons. The van der Waals surface area contributed by atoms with Crippen LogP contribution in [-0.2, 0) is 0 Å². The maximum Gasteiger partial charge on any atom is 0.272 e. The Morgan fingerprint density at radius 1 is 1.30 bits per heavy atom. The minimum absolute atomic E-state index is 0.104. The van der Waals surface area contributed by atoms with Crippen molar-refractivity contribution in [2.45, 2.75) is 0 Å². The van der Waals surface area contributed by atoms with Crippen molar-refractivity contribution in [1.82, 2.24) is 19.9 Å². The zero-order valence-electron chi connectivity index (χ0n) is 9.95. The number of anilines is 1. The molecule has 2 aromatic heterocycles. The van der Waals surface area contributed by atoms with E-state index in [4.69, 9.17) is 0 Å². The van der Waals surface area contributed by atoms with Crippen LogP contribution in [0.15, 0.2) is 30.9 Å². The molecule has 0 unspecified atom stereocenters. The number of amides is 1. The number of fused-ring (bicyclic) bond motifs is 1. The van der Waals surface area contributed by atoms with Gasteiger partial charge in [-0.05, 0) is 0 Å². The second-order valence-electron chi connectivity index (χ2n) is 3.94. The first-order valence-corrected chi connectivity index (χ1v) is 5.57. The quantitative estimate of drug-likeness (QED) is 0.490. The SMILES string of the molecule is O=C(Nc1ncc[nH]1)c1cc([N+](=O)[O-])cc2[nH]cnc12.